The number of hydrogen-bond donors (Lipinski definition) is 1. The maximum atomic E-state index is 9.46. The number of rotatable bonds is 2. The van der Waals surface area contributed by atoms with Crippen LogP contribution in [-0.2, 0) is 6.61 Å². The van der Waals surface area contributed by atoms with E-state index < -0.39 is 0 Å². The Balaban J connectivity index is 2.20. The summed E-state index contributed by atoms with van der Waals surface area (Å²) in [7, 11) is 2.17. The molecule has 1 fully saturated rings. The number of hydrogen-bond acceptors (Lipinski definition) is 3. The van der Waals surface area contributed by atoms with Gasteiger partial charge in [-0.05, 0) is 33.0 Å². The van der Waals surface area contributed by atoms with Crippen LogP contribution < -0.4 is 4.90 Å². The van der Waals surface area contributed by atoms with E-state index in [-0.39, 0.29) is 6.61 Å². The zero-order chi connectivity index (χ0) is 12.3. The van der Waals surface area contributed by atoms with Crippen LogP contribution in [0.2, 0.25) is 0 Å². The molecule has 0 spiro atoms. The van der Waals surface area contributed by atoms with Crippen molar-refractivity contribution in [1.29, 1.82) is 0 Å². The lowest BCUT2D eigenvalue weighted by molar-refractivity contribution is 0.282. The van der Waals surface area contributed by atoms with Crippen LogP contribution in [0.3, 0.4) is 0 Å². The van der Waals surface area contributed by atoms with Gasteiger partial charge in [0.05, 0.1) is 6.61 Å². The van der Waals surface area contributed by atoms with Crippen LogP contribution in [0, 0.1) is 6.92 Å². The molecule has 1 saturated heterocycles. The van der Waals surface area contributed by atoms with Gasteiger partial charge in [0.15, 0.2) is 0 Å². The molecule has 94 valence electrons. The van der Waals surface area contributed by atoms with Crippen LogP contribution >= 0.6 is 0 Å². The molecular formula is C14H22N2O. The summed E-state index contributed by atoms with van der Waals surface area (Å²) in [5.41, 5.74) is 3.47. The van der Waals surface area contributed by atoms with Crippen molar-refractivity contribution in [3.63, 3.8) is 0 Å². The van der Waals surface area contributed by atoms with E-state index in [4.69, 9.17) is 0 Å². The second-order valence-corrected chi connectivity index (χ2v) is 4.93. The third-order valence-electron chi connectivity index (χ3n) is 3.47. The Morgan fingerprint density at radius 3 is 2.76 bits per heavy atom. The van der Waals surface area contributed by atoms with Crippen LogP contribution in [0.25, 0.3) is 0 Å². The molecule has 0 amide bonds. The number of aryl methyl sites for hydroxylation is 1. The Kier molecular flexibility index (Phi) is 4.02. The van der Waals surface area contributed by atoms with Gasteiger partial charge in [0, 0.05) is 30.9 Å². The molecule has 0 bridgehead atoms. The van der Waals surface area contributed by atoms with Gasteiger partial charge in [-0.1, -0.05) is 17.7 Å². The normalized spacial score (nSPS) is 18.2. The summed E-state index contributed by atoms with van der Waals surface area (Å²) in [4.78, 5) is 4.77. The molecule has 1 N–H and O–H groups in total. The van der Waals surface area contributed by atoms with Gasteiger partial charge in [-0.15, -0.1) is 0 Å². The van der Waals surface area contributed by atoms with Crippen molar-refractivity contribution < 1.29 is 5.11 Å². The lowest BCUT2D eigenvalue weighted by Crippen LogP contribution is -2.29. The summed E-state index contributed by atoms with van der Waals surface area (Å²) in [6.45, 7) is 6.59. The first kappa shape index (κ1) is 12.4. The van der Waals surface area contributed by atoms with Gasteiger partial charge < -0.3 is 14.9 Å². The van der Waals surface area contributed by atoms with E-state index in [1.54, 1.807) is 0 Å². The summed E-state index contributed by atoms with van der Waals surface area (Å²) in [6, 6.07) is 6.36. The van der Waals surface area contributed by atoms with Crippen molar-refractivity contribution in [3.8, 4) is 0 Å². The highest BCUT2D eigenvalue weighted by Crippen LogP contribution is 2.23. The summed E-state index contributed by atoms with van der Waals surface area (Å²) in [5, 5.41) is 9.46. The molecule has 1 heterocycles. The van der Waals surface area contributed by atoms with Crippen LogP contribution in [-0.4, -0.2) is 43.2 Å². The van der Waals surface area contributed by atoms with Crippen molar-refractivity contribution in [3.05, 3.63) is 29.3 Å². The van der Waals surface area contributed by atoms with Crippen molar-refractivity contribution in [2.45, 2.75) is 20.0 Å². The van der Waals surface area contributed by atoms with E-state index in [0.717, 1.165) is 31.7 Å². The number of anilines is 1. The minimum absolute atomic E-state index is 0.128. The van der Waals surface area contributed by atoms with Crippen LogP contribution in [0.5, 0.6) is 0 Å². The van der Waals surface area contributed by atoms with E-state index >= 15 is 0 Å². The number of aliphatic hydroxyl groups excluding tert-OH is 1. The predicted molar refractivity (Wildman–Crippen MR) is 71.4 cm³/mol. The molecule has 3 heteroatoms. The molecule has 1 aromatic carbocycles. The van der Waals surface area contributed by atoms with Crippen LogP contribution in [0.15, 0.2) is 18.2 Å². The second kappa shape index (κ2) is 5.52. The van der Waals surface area contributed by atoms with Gasteiger partial charge in [-0.3, -0.25) is 0 Å². The molecule has 3 nitrogen and oxygen atoms in total. The number of likely N-dealkylation sites (N-methyl/N-ethyl adjacent to an activating group) is 1. The molecule has 17 heavy (non-hydrogen) atoms. The highest BCUT2D eigenvalue weighted by atomic mass is 16.3. The highest BCUT2D eigenvalue weighted by molar-refractivity contribution is 5.55. The first-order chi connectivity index (χ1) is 8.20. The fraction of sp³-hybridized carbons (Fsp3) is 0.571. The molecule has 1 aliphatic heterocycles. The van der Waals surface area contributed by atoms with Gasteiger partial charge in [-0.2, -0.15) is 0 Å². The molecule has 0 unspecified atom stereocenters. The predicted octanol–water partition coefficient (Wildman–Crippen LogP) is 1.63. The van der Waals surface area contributed by atoms with Gasteiger partial charge in [0.25, 0.3) is 0 Å². The Hall–Kier alpha value is -1.06. The Morgan fingerprint density at radius 2 is 2.00 bits per heavy atom. The first-order valence-corrected chi connectivity index (χ1v) is 6.34. The Labute approximate surface area is 104 Å². The molecule has 0 aromatic heterocycles. The molecule has 1 aromatic rings. The van der Waals surface area contributed by atoms with Gasteiger partial charge >= 0.3 is 0 Å². The van der Waals surface area contributed by atoms with Crippen molar-refractivity contribution in [2.24, 2.45) is 0 Å². The average Bonchev–Trinajstić information content (AvgIpc) is 2.54. The van der Waals surface area contributed by atoms with Crippen LogP contribution in [0.4, 0.5) is 5.69 Å². The van der Waals surface area contributed by atoms with Gasteiger partial charge in [0.1, 0.15) is 0 Å². The van der Waals surface area contributed by atoms with Crippen molar-refractivity contribution >= 4 is 5.69 Å². The van der Waals surface area contributed by atoms with Gasteiger partial charge in [-0.25, -0.2) is 0 Å². The minimum atomic E-state index is 0.128. The third-order valence-corrected chi connectivity index (χ3v) is 3.47. The smallest absolute Gasteiger partial charge is 0.0702 e. The maximum absolute atomic E-state index is 9.46. The van der Waals surface area contributed by atoms with Gasteiger partial charge in [0.2, 0.25) is 0 Å². The van der Waals surface area contributed by atoms with Crippen LogP contribution in [0.1, 0.15) is 17.5 Å². The lowest BCUT2D eigenvalue weighted by atomic mass is 10.1. The topological polar surface area (TPSA) is 26.7 Å². The molecule has 0 saturated carbocycles. The number of nitrogens with zero attached hydrogens (tertiary/aromatic N) is 2. The average molecular weight is 234 g/mol. The summed E-state index contributed by atoms with van der Waals surface area (Å²) < 4.78 is 0. The highest BCUT2D eigenvalue weighted by Gasteiger charge is 2.15. The summed E-state index contributed by atoms with van der Waals surface area (Å²) in [5.74, 6) is 0. The molecule has 0 radical (unpaired) electrons. The maximum Gasteiger partial charge on any atom is 0.0702 e. The summed E-state index contributed by atoms with van der Waals surface area (Å²) >= 11 is 0. The number of benzene rings is 1. The monoisotopic (exact) mass is 234 g/mol. The SMILES string of the molecule is Cc1ccc(N2CCCN(C)CC2)c(CO)c1. The van der Waals surface area contributed by atoms with E-state index in [9.17, 15) is 5.11 Å². The van der Waals surface area contributed by atoms with E-state index in [0.29, 0.717) is 0 Å². The zero-order valence-electron chi connectivity index (χ0n) is 10.8. The molecule has 0 atom stereocenters. The second-order valence-electron chi connectivity index (χ2n) is 4.93. The summed E-state index contributed by atoms with van der Waals surface area (Å²) in [6.07, 6.45) is 1.19. The molecule has 1 aliphatic rings. The van der Waals surface area contributed by atoms with Crippen molar-refractivity contribution in [2.75, 3.05) is 38.1 Å². The first-order valence-electron chi connectivity index (χ1n) is 6.34. The largest absolute Gasteiger partial charge is 0.392 e. The third kappa shape index (κ3) is 2.99. The molecular weight excluding hydrogens is 212 g/mol. The van der Waals surface area contributed by atoms with E-state index in [1.165, 1.54) is 17.7 Å². The quantitative estimate of drug-likeness (QED) is 0.842. The zero-order valence-corrected chi connectivity index (χ0v) is 10.8. The Morgan fingerprint density at radius 1 is 1.18 bits per heavy atom. The standard InChI is InChI=1S/C14H22N2O/c1-12-4-5-14(13(10-12)11-17)16-7-3-6-15(2)8-9-16/h4-5,10,17H,3,6-9,11H2,1-2H3. The molecule has 0 aliphatic carbocycles. The lowest BCUT2D eigenvalue weighted by Gasteiger charge is -2.25. The Bertz CT molecular complexity index is 378. The fourth-order valence-corrected chi connectivity index (χ4v) is 2.44. The van der Waals surface area contributed by atoms with Crippen molar-refractivity contribution in [1.82, 2.24) is 4.90 Å². The molecule has 2 rings (SSSR count). The fourth-order valence-electron chi connectivity index (χ4n) is 2.44. The number of aliphatic hydroxyl groups is 1. The van der Waals surface area contributed by atoms with E-state index in [1.807, 2.05) is 0 Å². The minimum Gasteiger partial charge on any atom is -0.392 e. The van der Waals surface area contributed by atoms with E-state index in [2.05, 4.69) is 42.0 Å².